The largest absolute Gasteiger partial charge is 0.377 e. The standard InChI is InChI=1S/C15H26N4O3S/c1-5-17-14(19-11-15(2,3)22-4)18-10-12-6-8-13(9-7-12)23(16,20)21/h6-9H,5,10-11H2,1-4H3,(H2,16,20,21)(H2,17,18,19). The third-order valence-corrected chi connectivity index (χ3v) is 4.18. The maximum atomic E-state index is 11.2. The molecule has 0 fully saturated rings. The minimum Gasteiger partial charge on any atom is -0.377 e. The Balaban J connectivity index is 2.73. The molecule has 0 unspecified atom stereocenters. The molecule has 0 saturated heterocycles. The first-order chi connectivity index (χ1) is 10.7. The monoisotopic (exact) mass is 342 g/mol. The summed E-state index contributed by atoms with van der Waals surface area (Å²) in [6, 6.07) is 6.36. The summed E-state index contributed by atoms with van der Waals surface area (Å²) in [7, 11) is -2.00. The second kappa shape index (κ2) is 8.28. The lowest BCUT2D eigenvalue weighted by molar-refractivity contribution is 0.0268. The van der Waals surface area contributed by atoms with E-state index in [4.69, 9.17) is 9.88 Å². The maximum Gasteiger partial charge on any atom is 0.238 e. The Hall–Kier alpha value is -1.64. The number of nitrogens with two attached hydrogens (primary N) is 1. The van der Waals surface area contributed by atoms with Crippen LogP contribution < -0.4 is 15.8 Å². The van der Waals surface area contributed by atoms with Crippen molar-refractivity contribution >= 4 is 16.0 Å². The molecule has 23 heavy (non-hydrogen) atoms. The summed E-state index contributed by atoms with van der Waals surface area (Å²) in [5, 5.41) is 11.4. The molecule has 0 saturated carbocycles. The number of hydrogen-bond donors (Lipinski definition) is 3. The number of methoxy groups -OCH3 is 1. The fourth-order valence-corrected chi connectivity index (χ4v) is 2.18. The highest BCUT2D eigenvalue weighted by molar-refractivity contribution is 7.89. The van der Waals surface area contributed by atoms with Crippen molar-refractivity contribution in [3.63, 3.8) is 0 Å². The fourth-order valence-electron chi connectivity index (χ4n) is 1.67. The van der Waals surface area contributed by atoms with Crippen molar-refractivity contribution in [3.05, 3.63) is 29.8 Å². The summed E-state index contributed by atoms with van der Waals surface area (Å²) in [5.41, 5.74) is 0.591. The fraction of sp³-hybridized carbons (Fsp3) is 0.533. The van der Waals surface area contributed by atoms with Gasteiger partial charge in [0, 0.05) is 20.2 Å². The van der Waals surface area contributed by atoms with Crippen LogP contribution in [0.4, 0.5) is 0 Å². The van der Waals surface area contributed by atoms with Gasteiger partial charge in [0.1, 0.15) is 0 Å². The summed E-state index contributed by atoms with van der Waals surface area (Å²) in [4.78, 5) is 4.57. The van der Waals surface area contributed by atoms with Crippen LogP contribution in [-0.2, 0) is 21.3 Å². The van der Waals surface area contributed by atoms with Crippen molar-refractivity contribution in [2.75, 3.05) is 20.2 Å². The summed E-state index contributed by atoms with van der Waals surface area (Å²) >= 11 is 0. The van der Waals surface area contributed by atoms with Crippen molar-refractivity contribution in [2.45, 2.75) is 37.8 Å². The molecule has 0 atom stereocenters. The number of sulfonamides is 1. The average molecular weight is 342 g/mol. The number of nitrogens with zero attached hydrogens (tertiary/aromatic N) is 1. The van der Waals surface area contributed by atoms with Crippen LogP contribution in [0, 0.1) is 0 Å². The molecule has 130 valence electrons. The van der Waals surface area contributed by atoms with Gasteiger partial charge in [-0.25, -0.2) is 18.5 Å². The topological polar surface area (TPSA) is 106 Å². The molecule has 0 spiro atoms. The van der Waals surface area contributed by atoms with Gasteiger partial charge >= 0.3 is 0 Å². The third kappa shape index (κ3) is 6.98. The van der Waals surface area contributed by atoms with E-state index in [-0.39, 0.29) is 10.5 Å². The highest BCUT2D eigenvalue weighted by Gasteiger charge is 2.16. The zero-order valence-electron chi connectivity index (χ0n) is 14.1. The number of guanidine groups is 1. The predicted octanol–water partition coefficient (Wildman–Crippen LogP) is 0.814. The lowest BCUT2D eigenvalue weighted by Gasteiger charge is -2.24. The number of nitrogens with one attached hydrogen (secondary N) is 2. The maximum absolute atomic E-state index is 11.2. The Morgan fingerprint density at radius 2 is 1.87 bits per heavy atom. The molecule has 1 rings (SSSR count). The highest BCUT2D eigenvalue weighted by atomic mass is 32.2. The summed E-state index contributed by atoms with van der Waals surface area (Å²) in [6.45, 7) is 7.72. The van der Waals surface area contributed by atoms with E-state index in [1.165, 1.54) is 12.1 Å². The van der Waals surface area contributed by atoms with Crippen molar-refractivity contribution in [1.82, 2.24) is 10.6 Å². The molecule has 0 aliphatic heterocycles. The molecule has 0 amide bonds. The molecular formula is C15H26N4O3S. The molecule has 1 aromatic rings. The Kier molecular flexibility index (Phi) is 6.99. The molecular weight excluding hydrogens is 316 g/mol. The first-order valence-corrected chi connectivity index (χ1v) is 8.91. The smallest absolute Gasteiger partial charge is 0.238 e. The van der Waals surface area contributed by atoms with Crippen LogP contribution in [0.2, 0.25) is 0 Å². The van der Waals surface area contributed by atoms with Gasteiger partial charge in [0.15, 0.2) is 5.96 Å². The first-order valence-electron chi connectivity index (χ1n) is 7.37. The molecule has 7 nitrogen and oxygen atoms in total. The summed E-state index contributed by atoms with van der Waals surface area (Å²) in [6.07, 6.45) is 0. The SMILES string of the molecule is CCNC(=NCc1ccc(S(N)(=O)=O)cc1)NCC(C)(C)OC. The van der Waals surface area contributed by atoms with E-state index in [1.807, 2.05) is 20.8 Å². The van der Waals surface area contributed by atoms with E-state index in [2.05, 4.69) is 15.6 Å². The van der Waals surface area contributed by atoms with Gasteiger partial charge in [0.25, 0.3) is 0 Å². The third-order valence-electron chi connectivity index (χ3n) is 3.25. The molecule has 0 radical (unpaired) electrons. The number of ether oxygens (including phenoxy) is 1. The predicted molar refractivity (Wildman–Crippen MR) is 91.7 cm³/mol. The lowest BCUT2D eigenvalue weighted by Crippen LogP contribution is -2.45. The normalized spacial score (nSPS) is 13.0. The average Bonchev–Trinajstić information content (AvgIpc) is 2.49. The van der Waals surface area contributed by atoms with Gasteiger partial charge in [0.2, 0.25) is 10.0 Å². The summed E-state index contributed by atoms with van der Waals surface area (Å²) < 4.78 is 27.8. The zero-order valence-corrected chi connectivity index (χ0v) is 14.9. The molecule has 0 aromatic heterocycles. The molecule has 0 bridgehead atoms. The van der Waals surface area contributed by atoms with E-state index in [0.29, 0.717) is 19.0 Å². The van der Waals surface area contributed by atoms with Gasteiger partial charge in [-0.3, -0.25) is 0 Å². The zero-order chi connectivity index (χ0) is 17.5. The highest BCUT2D eigenvalue weighted by Crippen LogP contribution is 2.09. The van der Waals surface area contributed by atoms with E-state index in [9.17, 15) is 8.42 Å². The van der Waals surface area contributed by atoms with E-state index >= 15 is 0 Å². The van der Waals surface area contributed by atoms with Gasteiger partial charge in [-0.2, -0.15) is 0 Å². The van der Waals surface area contributed by atoms with Crippen LogP contribution in [0.25, 0.3) is 0 Å². The van der Waals surface area contributed by atoms with E-state index < -0.39 is 10.0 Å². The second-order valence-electron chi connectivity index (χ2n) is 5.70. The van der Waals surface area contributed by atoms with Gasteiger partial charge in [0.05, 0.1) is 17.0 Å². The van der Waals surface area contributed by atoms with Crippen LogP contribution in [0.5, 0.6) is 0 Å². The number of benzene rings is 1. The van der Waals surface area contributed by atoms with Crippen molar-refractivity contribution < 1.29 is 13.2 Å². The lowest BCUT2D eigenvalue weighted by atomic mass is 10.1. The van der Waals surface area contributed by atoms with Crippen LogP contribution >= 0.6 is 0 Å². The number of rotatable bonds is 7. The van der Waals surface area contributed by atoms with E-state index in [0.717, 1.165) is 12.1 Å². The van der Waals surface area contributed by atoms with Gasteiger partial charge < -0.3 is 15.4 Å². The second-order valence-corrected chi connectivity index (χ2v) is 7.26. The van der Waals surface area contributed by atoms with Crippen LogP contribution in [0.15, 0.2) is 34.2 Å². The van der Waals surface area contributed by atoms with Crippen LogP contribution in [-0.4, -0.2) is 40.2 Å². The molecule has 0 aliphatic rings. The number of hydrogen-bond acceptors (Lipinski definition) is 4. The van der Waals surface area contributed by atoms with Crippen molar-refractivity contribution in [2.24, 2.45) is 10.1 Å². The number of aliphatic imine (C=N–C) groups is 1. The molecule has 4 N–H and O–H groups in total. The van der Waals surface area contributed by atoms with Gasteiger partial charge in [-0.05, 0) is 38.5 Å². The molecule has 0 aliphatic carbocycles. The molecule has 0 heterocycles. The van der Waals surface area contributed by atoms with E-state index in [1.54, 1.807) is 19.2 Å². The molecule has 8 heteroatoms. The Bertz CT molecular complexity index is 625. The quantitative estimate of drug-likeness (QED) is 0.502. The Labute approximate surface area is 138 Å². The van der Waals surface area contributed by atoms with Gasteiger partial charge in [-0.1, -0.05) is 12.1 Å². The van der Waals surface area contributed by atoms with Crippen molar-refractivity contribution in [3.8, 4) is 0 Å². The minimum absolute atomic E-state index is 0.0945. The Morgan fingerprint density at radius 1 is 1.26 bits per heavy atom. The summed E-state index contributed by atoms with van der Waals surface area (Å²) in [5.74, 6) is 0.674. The van der Waals surface area contributed by atoms with Gasteiger partial charge in [-0.15, -0.1) is 0 Å². The first kappa shape index (κ1) is 19.4. The molecule has 1 aromatic carbocycles. The Morgan fingerprint density at radius 3 is 2.35 bits per heavy atom. The minimum atomic E-state index is -3.66. The van der Waals surface area contributed by atoms with Crippen LogP contribution in [0.3, 0.4) is 0 Å². The van der Waals surface area contributed by atoms with Crippen LogP contribution in [0.1, 0.15) is 26.3 Å². The number of primary sulfonamides is 1. The van der Waals surface area contributed by atoms with Crippen molar-refractivity contribution in [1.29, 1.82) is 0 Å².